The SMILES string of the molecule is COc1cccc(N2C[C@H](C(=O)OC3CN(c4nc5c(F)cc(F)cc5s4)C3)CC2=O)c1. The van der Waals surface area contributed by atoms with Gasteiger partial charge in [0.1, 0.15) is 23.2 Å². The van der Waals surface area contributed by atoms with E-state index in [4.69, 9.17) is 9.47 Å². The third kappa shape index (κ3) is 3.75. The van der Waals surface area contributed by atoms with E-state index >= 15 is 0 Å². The summed E-state index contributed by atoms with van der Waals surface area (Å²) in [5.74, 6) is -1.80. The molecule has 0 radical (unpaired) electrons. The van der Waals surface area contributed by atoms with Crippen LogP contribution >= 0.6 is 11.3 Å². The number of hydrogen-bond donors (Lipinski definition) is 0. The number of carbonyl (C=O) groups is 2. The Labute approximate surface area is 186 Å². The third-order valence-corrected chi connectivity index (χ3v) is 6.69. The Kier molecular flexibility index (Phi) is 5.16. The van der Waals surface area contributed by atoms with Crippen LogP contribution in [0.4, 0.5) is 19.6 Å². The first-order chi connectivity index (χ1) is 15.4. The lowest BCUT2D eigenvalue weighted by Gasteiger charge is -2.38. The van der Waals surface area contributed by atoms with E-state index < -0.39 is 23.5 Å². The molecule has 1 aromatic heterocycles. The zero-order valence-corrected chi connectivity index (χ0v) is 17.9. The first kappa shape index (κ1) is 20.6. The molecule has 5 rings (SSSR count). The van der Waals surface area contributed by atoms with Crippen molar-refractivity contribution in [1.29, 1.82) is 0 Å². The fourth-order valence-corrected chi connectivity index (χ4v) is 4.93. The maximum absolute atomic E-state index is 13.9. The number of esters is 1. The molecular weight excluding hydrogens is 440 g/mol. The molecule has 10 heteroatoms. The predicted octanol–water partition coefficient (Wildman–Crippen LogP) is 3.37. The molecule has 2 fully saturated rings. The molecule has 7 nitrogen and oxygen atoms in total. The van der Waals surface area contributed by atoms with Crippen LogP contribution < -0.4 is 14.5 Å². The lowest BCUT2D eigenvalue weighted by molar-refractivity contribution is -0.154. The second kappa shape index (κ2) is 8.01. The lowest BCUT2D eigenvalue weighted by atomic mass is 10.1. The molecule has 2 saturated heterocycles. The highest BCUT2D eigenvalue weighted by Crippen LogP contribution is 2.34. The largest absolute Gasteiger partial charge is 0.497 e. The molecule has 0 aliphatic carbocycles. The maximum Gasteiger partial charge on any atom is 0.311 e. The minimum atomic E-state index is -0.697. The van der Waals surface area contributed by atoms with Gasteiger partial charge >= 0.3 is 5.97 Å². The normalized spacial score (nSPS) is 18.8. The van der Waals surface area contributed by atoms with Gasteiger partial charge in [0, 0.05) is 30.8 Å². The highest BCUT2D eigenvalue weighted by atomic mass is 32.1. The van der Waals surface area contributed by atoms with Crippen molar-refractivity contribution in [3.63, 3.8) is 0 Å². The second-order valence-electron chi connectivity index (χ2n) is 7.80. The van der Waals surface area contributed by atoms with Crippen LogP contribution in [-0.2, 0) is 14.3 Å². The van der Waals surface area contributed by atoms with Crippen molar-refractivity contribution in [2.24, 2.45) is 5.92 Å². The van der Waals surface area contributed by atoms with Crippen LogP contribution in [0.3, 0.4) is 0 Å². The van der Waals surface area contributed by atoms with Crippen molar-refractivity contribution in [3.8, 4) is 5.75 Å². The van der Waals surface area contributed by atoms with Gasteiger partial charge in [-0.1, -0.05) is 17.4 Å². The average Bonchev–Trinajstić information content (AvgIpc) is 3.34. The molecule has 2 aromatic carbocycles. The molecule has 3 heterocycles. The summed E-state index contributed by atoms with van der Waals surface area (Å²) in [5.41, 5.74) is 0.813. The smallest absolute Gasteiger partial charge is 0.311 e. The number of amides is 1. The molecule has 0 unspecified atom stereocenters. The molecule has 32 heavy (non-hydrogen) atoms. The van der Waals surface area contributed by atoms with Crippen LogP contribution in [0.15, 0.2) is 36.4 Å². The molecule has 1 amide bonds. The van der Waals surface area contributed by atoms with Crippen molar-refractivity contribution in [3.05, 3.63) is 48.0 Å². The lowest BCUT2D eigenvalue weighted by Crippen LogP contribution is -2.53. The molecular formula is C22H19F2N3O4S. The first-order valence-electron chi connectivity index (χ1n) is 10.1. The summed E-state index contributed by atoms with van der Waals surface area (Å²) in [6.45, 7) is 1.08. The zero-order valence-electron chi connectivity index (χ0n) is 17.1. The number of methoxy groups -OCH3 is 1. The van der Waals surface area contributed by atoms with E-state index in [1.165, 1.54) is 17.4 Å². The van der Waals surface area contributed by atoms with Crippen LogP contribution in [0.2, 0.25) is 0 Å². The quantitative estimate of drug-likeness (QED) is 0.545. The van der Waals surface area contributed by atoms with Crippen molar-refractivity contribution >= 4 is 44.2 Å². The molecule has 3 aromatic rings. The number of fused-ring (bicyclic) bond motifs is 1. The minimum absolute atomic E-state index is 0.0924. The van der Waals surface area contributed by atoms with E-state index in [2.05, 4.69) is 4.98 Å². The molecule has 0 N–H and O–H groups in total. The number of benzene rings is 2. The van der Waals surface area contributed by atoms with Gasteiger partial charge in [0.2, 0.25) is 5.91 Å². The van der Waals surface area contributed by atoms with Gasteiger partial charge in [-0.15, -0.1) is 0 Å². The number of anilines is 2. The monoisotopic (exact) mass is 459 g/mol. The Morgan fingerprint density at radius 1 is 1.19 bits per heavy atom. The second-order valence-corrected chi connectivity index (χ2v) is 8.81. The van der Waals surface area contributed by atoms with Crippen LogP contribution in [0, 0.1) is 17.6 Å². The van der Waals surface area contributed by atoms with E-state index in [0.29, 0.717) is 34.4 Å². The van der Waals surface area contributed by atoms with E-state index in [-0.39, 0.29) is 30.5 Å². The number of carbonyl (C=O) groups excluding carboxylic acids is 2. The Balaban J connectivity index is 1.18. The van der Waals surface area contributed by atoms with Gasteiger partial charge in [-0.2, -0.15) is 0 Å². The van der Waals surface area contributed by atoms with Crippen molar-refractivity contribution in [2.75, 3.05) is 36.5 Å². The van der Waals surface area contributed by atoms with Gasteiger partial charge in [-0.25, -0.2) is 13.8 Å². The zero-order chi connectivity index (χ0) is 22.4. The van der Waals surface area contributed by atoms with Crippen LogP contribution in [0.5, 0.6) is 5.75 Å². The number of halogens is 2. The van der Waals surface area contributed by atoms with E-state index in [0.717, 1.165) is 6.07 Å². The fourth-order valence-electron chi connectivity index (χ4n) is 3.90. The van der Waals surface area contributed by atoms with Crippen LogP contribution in [-0.4, -0.2) is 49.7 Å². The summed E-state index contributed by atoms with van der Waals surface area (Å²) in [4.78, 5) is 32.7. The Hall–Kier alpha value is -3.27. The van der Waals surface area contributed by atoms with Crippen molar-refractivity contribution in [1.82, 2.24) is 4.98 Å². The number of thiazole rings is 1. The van der Waals surface area contributed by atoms with E-state index in [1.54, 1.807) is 36.3 Å². The highest BCUT2D eigenvalue weighted by Gasteiger charge is 2.39. The highest BCUT2D eigenvalue weighted by molar-refractivity contribution is 7.22. The standard InChI is InChI=1S/C22H19F2N3O4S/c1-30-15-4-2-3-14(8-15)27-9-12(5-19(27)28)21(29)31-16-10-26(11-16)22-25-20-17(24)6-13(23)7-18(20)32-22/h2-4,6-8,12,16H,5,9-11H2,1H3/t12-/m1/s1. The maximum atomic E-state index is 13.9. The summed E-state index contributed by atoms with van der Waals surface area (Å²) in [6.07, 6.45) is -0.244. The average molecular weight is 459 g/mol. The number of nitrogens with zero attached hydrogens (tertiary/aromatic N) is 3. The van der Waals surface area contributed by atoms with Crippen molar-refractivity contribution in [2.45, 2.75) is 12.5 Å². The number of ether oxygens (including phenoxy) is 2. The molecule has 2 aliphatic rings. The van der Waals surface area contributed by atoms with Gasteiger partial charge < -0.3 is 19.3 Å². The van der Waals surface area contributed by atoms with Gasteiger partial charge in [0.15, 0.2) is 10.9 Å². The third-order valence-electron chi connectivity index (χ3n) is 5.63. The summed E-state index contributed by atoms with van der Waals surface area (Å²) in [6, 6.07) is 9.19. The molecule has 0 bridgehead atoms. The van der Waals surface area contributed by atoms with Crippen molar-refractivity contribution < 1.29 is 27.8 Å². The van der Waals surface area contributed by atoms with Gasteiger partial charge in [0.25, 0.3) is 0 Å². The van der Waals surface area contributed by atoms with Gasteiger partial charge in [-0.3, -0.25) is 9.59 Å². The molecule has 0 saturated carbocycles. The topological polar surface area (TPSA) is 72.0 Å². The van der Waals surface area contributed by atoms with E-state index in [9.17, 15) is 18.4 Å². The molecule has 166 valence electrons. The molecule has 0 spiro atoms. The van der Waals surface area contributed by atoms with E-state index in [1.807, 2.05) is 4.90 Å². The Morgan fingerprint density at radius 3 is 2.78 bits per heavy atom. The summed E-state index contributed by atoms with van der Waals surface area (Å²) >= 11 is 1.19. The Morgan fingerprint density at radius 2 is 2.00 bits per heavy atom. The fraction of sp³-hybridized carbons (Fsp3) is 0.318. The molecule has 2 aliphatic heterocycles. The predicted molar refractivity (Wildman–Crippen MR) is 115 cm³/mol. The van der Waals surface area contributed by atoms with Crippen LogP contribution in [0.25, 0.3) is 10.2 Å². The number of aromatic nitrogens is 1. The van der Waals surface area contributed by atoms with Gasteiger partial charge in [0.05, 0.1) is 30.8 Å². The van der Waals surface area contributed by atoms with Crippen LogP contribution in [0.1, 0.15) is 6.42 Å². The van der Waals surface area contributed by atoms with Gasteiger partial charge in [-0.05, 0) is 18.2 Å². The summed E-state index contributed by atoms with van der Waals surface area (Å²) in [5, 5.41) is 0.553. The number of rotatable bonds is 5. The first-order valence-corrected chi connectivity index (χ1v) is 10.9. The minimum Gasteiger partial charge on any atom is -0.497 e. The number of hydrogen-bond acceptors (Lipinski definition) is 7. The molecule has 1 atom stereocenters. The Bertz CT molecular complexity index is 1210. The summed E-state index contributed by atoms with van der Waals surface area (Å²) in [7, 11) is 1.55. The summed E-state index contributed by atoms with van der Waals surface area (Å²) < 4.78 is 38.5.